The number of primary amides is 1. The molecule has 0 aromatic heterocycles. The number of anilines is 1. The van der Waals surface area contributed by atoms with Gasteiger partial charge in [-0.3, -0.25) is 9.59 Å². The van der Waals surface area contributed by atoms with Crippen LogP contribution in [0.3, 0.4) is 0 Å². The van der Waals surface area contributed by atoms with Gasteiger partial charge in [-0.1, -0.05) is 12.1 Å². The van der Waals surface area contributed by atoms with Crippen molar-refractivity contribution in [3.63, 3.8) is 0 Å². The number of hydrogen-bond donors (Lipinski definition) is 5. The summed E-state index contributed by atoms with van der Waals surface area (Å²) in [6.07, 6.45) is 0.270. The van der Waals surface area contributed by atoms with E-state index in [1.165, 1.54) is 42.5 Å². The van der Waals surface area contributed by atoms with Crippen LogP contribution in [0.5, 0.6) is 11.5 Å². The van der Waals surface area contributed by atoms with Gasteiger partial charge in [0, 0.05) is 11.8 Å². The maximum atomic E-state index is 13.1. The molecule has 0 bridgehead atoms. The molecule has 0 aliphatic heterocycles. The molecule has 3 aromatic rings. The van der Waals surface area contributed by atoms with Crippen LogP contribution in [0.2, 0.25) is 0 Å². The molecule has 3 rings (SSSR count). The lowest BCUT2D eigenvalue weighted by Gasteiger charge is -2.15. The van der Waals surface area contributed by atoms with E-state index in [2.05, 4.69) is 10.3 Å². The lowest BCUT2D eigenvalue weighted by Crippen LogP contribution is -2.37. The van der Waals surface area contributed by atoms with Crippen molar-refractivity contribution in [1.29, 1.82) is 0 Å². The smallest absolute Gasteiger partial charge is 0.252 e. The lowest BCUT2D eigenvalue weighted by molar-refractivity contribution is -0.117. The van der Waals surface area contributed by atoms with E-state index in [1.54, 1.807) is 24.3 Å². The number of nitrogens with zero attached hydrogens (tertiary/aromatic N) is 1. The first-order valence-corrected chi connectivity index (χ1v) is 9.83. The SMILES string of the molecule is NC(=O)c1ccc(NC(=O)[C@@H](N)Cc2ccc(N=C(N)N)cc2)cc1Oc1ccc(F)cc1. The number of carbonyl (C=O) groups excluding carboxylic acids is 2. The van der Waals surface area contributed by atoms with Crippen molar-refractivity contribution in [1.82, 2.24) is 0 Å². The van der Waals surface area contributed by atoms with Crippen LogP contribution in [0.4, 0.5) is 15.8 Å². The highest BCUT2D eigenvalue weighted by Gasteiger charge is 2.17. The van der Waals surface area contributed by atoms with Crippen LogP contribution >= 0.6 is 0 Å². The average Bonchev–Trinajstić information content (AvgIpc) is 2.76. The largest absolute Gasteiger partial charge is 0.456 e. The van der Waals surface area contributed by atoms with E-state index in [1.807, 2.05) is 0 Å². The molecule has 10 heteroatoms. The number of aliphatic imine (C=N–C) groups is 1. The summed E-state index contributed by atoms with van der Waals surface area (Å²) in [5, 5.41) is 2.69. The standard InChI is InChI=1S/C23H23FN6O3/c24-14-3-8-17(9-4-14)33-20-12-16(7-10-18(20)21(26)31)29-22(32)19(25)11-13-1-5-15(6-2-13)30-23(27)28/h1-10,12,19H,11,25H2,(H2,26,31)(H,29,32)(H4,27,28,30)/t19-/m0/s1. The Labute approximate surface area is 189 Å². The van der Waals surface area contributed by atoms with E-state index >= 15 is 0 Å². The molecule has 0 heterocycles. The van der Waals surface area contributed by atoms with Gasteiger partial charge in [-0.15, -0.1) is 0 Å². The second-order valence-electron chi connectivity index (χ2n) is 7.13. The van der Waals surface area contributed by atoms with Crippen LogP contribution in [0.25, 0.3) is 0 Å². The predicted octanol–water partition coefficient (Wildman–Crippen LogP) is 2.13. The van der Waals surface area contributed by atoms with Crippen molar-refractivity contribution in [2.24, 2.45) is 27.9 Å². The third kappa shape index (κ3) is 6.52. The first kappa shape index (κ1) is 23.2. The van der Waals surface area contributed by atoms with Gasteiger partial charge < -0.3 is 33.0 Å². The minimum atomic E-state index is -0.851. The van der Waals surface area contributed by atoms with Crippen molar-refractivity contribution in [2.45, 2.75) is 12.5 Å². The molecule has 3 aromatic carbocycles. The average molecular weight is 450 g/mol. The van der Waals surface area contributed by atoms with Crippen LogP contribution < -0.4 is 33.0 Å². The minimum Gasteiger partial charge on any atom is -0.456 e. The molecule has 0 aliphatic carbocycles. The summed E-state index contributed by atoms with van der Waals surface area (Å²) in [5.41, 5.74) is 24.0. The Morgan fingerprint density at radius 2 is 1.64 bits per heavy atom. The summed E-state index contributed by atoms with van der Waals surface area (Å²) < 4.78 is 18.8. The molecule has 1 atom stereocenters. The number of nitrogens with one attached hydrogen (secondary N) is 1. The molecule has 170 valence electrons. The summed E-state index contributed by atoms with van der Waals surface area (Å²) >= 11 is 0. The third-order valence-corrected chi connectivity index (χ3v) is 4.54. The monoisotopic (exact) mass is 450 g/mol. The van der Waals surface area contributed by atoms with Crippen molar-refractivity contribution in [3.8, 4) is 11.5 Å². The van der Waals surface area contributed by atoms with Gasteiger partial charge in [0.2, 0.25) is 5.91 Å². The van der Waals surface area contributed by atoms with Gasteiger partial charge in [0.05, 0.1) is 17.3 Å². The predicted molar refractivity (Wildman–Crippen MR) is 124 cm³/mol. The molecular weight excluding hydrogens is 427 g/mol. The van der Waals surface area contributed by atoms with Gasteiger partial charge >= 0.3 is 0 Å². The summed E-state index contributed by atoms with van der Waals surface area (Å²) in [6, 6.07) is 15.7. The zero-order valence-corrected chi connectivity index (χ0v) is 17.5. The molecule has 0 saturated heterocycles. The molecule has 0 radical (unpaired) electrons. The molecule has 0 saturated carbocycles. The quantitative estimate of drug-likeness (QED) is 0.260. The second-order valence-corrected chi connectivity index (χ2v) is 7.13. The molecule has 0 aliphatic rings. The zero-order chi connectivity index (χ0) is 24.0. The van der Waals surface area contributed by atoms with Crippen molar-refractivity contribution in [3.05, 3.63) is 83.7 Å². The fraction of sp³-hybridized carbons (Fsp3) is 0.0870. The maximum Gasteiger partial charge on any atom is 0.252 e. The van der Waals surface area contributed by atoms with Gasteiger partial charge in [0.15, 0.2) is 5.96 Å². The number of guanidine groups is 1. The normalized spacial score (nSPS) is 11.3. The maximum absolute atomic E-state index is 13.1. The number of nitrogens with two attached hydrogens (primary N) is 4. The zero-order valence-electron chi connectivity index (χ0n) is 17.5. The van der Waals surface area contributed by atoms with Gasteiger partial charge in [-0.2, -0.15) is 0 Å². The van der Waals surface area contributed by atoms with Crippen LogP contribution in [0.15, 0.2) is 71.7 Å². The summed E-state index contributed by atoms with van der Waals surface area (Å²) in [4.78, 5) is 28.3. The summed E-state index contributed by atoms with van der Waals surface area (Å²) in [5.74, 6) is -1.24. The molecule has 33 heavy (non-hydrogen) atoms. The Morgan fingerprint density at radius 3 is 2.24 bits per heavy atom. The van der Waals surface area contributed by atoms with Crippen LogP contribution in [-0.4, -0.2) is 23.8 Å². The fourth-order valence-electron chi connectivity index (χ4n) is 2.95. The summed E-state index contributed by atoms with van der Waals surface area (Å²) in [6.45, 7) is 0. The van der Waals surface area contributed by atoms with Gasteiger partial charge in [-0.25, -0.2) is 9.38 Å². The highest BCUT2D eigenvalue weighted by atomic mass is 19.1. The highest BCUT2D eigenvalue weighted by Crippen LogP contribution is 2.28. The molecular formula is C23H23FN6O3. The molecule has 9 N–H and O–H groups in total. The Bertz CT molecular complexity index is 1180. The number of carbonyl (C=O) groups is 2. The fourth-order valence-corrected chi connectivity index (χ4v) is 2.95. The van der Waals surface area contributed by atoms with Crippen molar-refractivity contribution < 1.29 is 18.7 Å². The Morgan fingerprint density at radius 1 is 0.970 bits per heavy atom. The topological polar surface area (TPSA) is 172 Å². The molecule has 0 fully saturated rings. The molecule has 2 amide bonds. The van der Waals surface area contributed by atoms with E-state index in [-0.39, 0.29) is 23.7 Å². The van der Waals surface area contributed by atoms with Gasteiger partial charge in [0.1, 0.15) is 17.3 Å². The Hall–Kier alpha value is -4.44. The van der Waals surface area contributed by atoms with Crippen LogP contribution in [-0.2, 0) is 11.2 Å². The Kier molecular flexibility index (Phi) is 7.21. The third-order valence-electron chi connectivity index (χ3n) is 4.54. The van der Waals surface area contributed by atoms with Gasteiger partial charge in [0.25, 0.3) is 5.91 Å². The number of amides is 2. The van der Waals surface area contributed by atoms with E-state index in [0.717, 1.165) is 5.56 Å². The van der Waals surface area contributed by atoms with E-state index in [9.17, 15) is 14.0 Å². The number of halogens is 1. The lowest BCUT2D eigenvalue weighted by atomic mass is 10.1. The first-order chi connectivity index (χ1) is 15.7. The number of rotatable bonds is 8. The minimum absolute atomic E-state index is 0.0519. The van der Waals surface area contributed by atoms with Crippen LogP contribution in [0, 0.1) is 5.82 Å². The van der Waals surface area contributed by atoms with Crippen LogP contribution in [0.1, 0.15) is 15.9 Å². The Balaban J connectivity index is 1.71. The number of benzene rings is 3. The number of ether oxygens (including phenoxy) is 1. The van der Waals surface area contributed by atoms with Crippen molar-refractivity contribution in [2.75, 3.05) is 5.32 Å². The van der Waals surface area contributed by atoms with Gasteiger partial charge in [-0.05, 0) is 60.5 Å². The molecule has 9 nitrogen and oxygen atoms in total. The molecule has 0 unspecified atom stereocenters. The molecule has 0 spiro atoms. The number of hydrogen-bond acceptors (Lipinski definition) is 5. The van der Waals surface area contributed by atoms with E-state index in [0.29, 0.717) is 17.1 Å². The summed E-state index contributed by atoms with van der Waals surface area (Å²) in [7, 11) is 0. The highest BCUT2D eigenvalue weighted by molar-refractivity contribution is 5.98. The van der Waals surface area contributed by atoms with Crippen molar-refractivity contribution >= 4 is 29.1 Å². The van der Waals surface area contributed by atoms with E-state index < -0.39 is 23.7 Å². The first-order valence-electron chi connectivity index (χ1n) is 9.83. The second kappa shape index (κ2) is 10.2. The van der Waals surface area contributed by atoms with E-state index in [4.69, 9.17) is 27.7 Å².